The summed E-state index contributed by atoms with van der Waals surface area (Å²) in [4.78, 5) is 47.7. The Balaban J connectivity index is 1.03. The quantitative estimate of drug-likeness (QED) is 0.195. The number of carbonyl (C=O) groups excluding carboxylic acids is 2. The summed E-state index contributed by atoms with van der Waals surface area (Å²) in [6, 6.07) is 17.1. The SMILES string of the molecule is CN=CN=C(N)c1ccc(N2CCN(C(=O)CN3CC[C@]4(CCN(c5ccc(N)c(C(=N)c6ccc(C)cn6)c5)C4=O)C3)CC2)cc1. The normalized spacial score (nSPS) is 20.6. The van der Waals surface area contributed by atoms with Crippen molar-refractivity contribution in [2.45, 2.75) is 19.8 Å². The fraction of sp³-hybridized carbons (Fsp3) is 0.371. The molecule has 12 nitrogen and oxygen atoms in total. The van der Waals surface area contributed by atoms with Crippen molar-refractivity contribution in [3.8, 4) is 0 Å². The largest absolute Gasteiger partial charge is 0.398 e. The maximum atomic E-state index is 13.9. The fourth-order valence-corrected chi connectivity index (χ4v) is 6.76. The Morgan fingerprint density at radius 1 is 1.00 bits per heavy atom. The maximum Gasteiger partial charge on any atom is 0.236 e. The number of hydrogen-bond acceptors (Lipinski definition) is 8. The van der Waals surface area contributed by atoms with Gasteiger partial charge < -0.3 is 26.2 Å². The molecule has 0 saturated carbocycles. The summed E-state index contributed by atoms with van der Waals surface area (Å²) in [6.45, 7) is 6.93. The summed E-state index contributed by atoms with van der Waals surface area (Å²) in [5.41, 5.74) is 17.2. The van der Waals surface area contributed by atoms with Gasteiger partial charge in [0.15, 0.2) is 0 Å². The monoisotopic (exact) mass is 634 g/mol. The van der Waals surface area contributed by atoms with Gasteiger partial charge in [-0.25, -0.2) is 4.99 Å². The molecule has 5 N–H and O–H groups in total. The highest BCUT2D eigenvalue weighted by Gasteiger charge is 2.51. The molecular formula is C35H42N10O2. The van der Waals surface area contributed by atoms with E-state index in [-0.39, 0.29) is 17.5 Å². The number of aliphatic imine (C=N–C) groups is 2. The van der Waals surface area contributed by atoms with Crippen molar-refractivity contribution in [2.75, 3.05) is 74.9 Å². The Morgan fingerprint density at radius 3 is 2.43 bits per heavy atom. The van der Waals surface area contributed by atoms with E-state index in [0.717, 1.165) is 48.4 Å². The van der Waals surface area contributed by atoms with Crippen molar-refractivity contribution in [3.63, 3.8) is 0 Å². The Kier molecular flexibility index (Phi) is 9.04. The number of benzene rings is 2. The number of hydrogen-bond donors (Lipinski definition) is 3. The number of nitrogens with one attached hydrogen (secondary N) is 1. The number of carbonyl (C=O) groups is 2. The van der Waals surface area contributed by atoms with E-state index >= 15 is 0 Å². The highest BCUT2D eigenvalue weighted by molar-refractivity contribution is 6.13. The first-order valence-corrected chi connectivity index (χ1v) is 16.0. The zero-order valence-electron chi connectivity index (χ0n) is 27.0. The molecule has 3 aromatic rings. The molecule has 0 bridgehead atoms. The molecular weight excluding hydrogens is 592 g/mol. The Bertz CT molecular complexity index is 1710. The van der Waals surface area contributed by atoms with E-state index < -0.39 is 5.41 Å². The molecule has 3 aliphatic rings. The molecule has 0 radical (unpaired) electrons. The van der Waals surface area contributed by atoms with Crippen LogP contribution in [0.25, 0.3) is 0 Å². The number of nitrogen functional groups attached to an aromatic ring is 1. The van der Waals surface area contributed by atoms with Crippen molar-refractivity contribution in [1.29, 1.82) is 5.41 Å². The van der Waals surface area contributed by atoms with Gasteiger partial charge in [0.1, 0.15) is 12.2 Å². The van der Waals surface area contributed by atoms with Crippen LogP contribution in [0.5, 0.6) is 0 Å². The van der Waals surface area contributed by atoms with Crippen molar-refractivity contribution in [3.05, 3.63) is 83.2 Å². The summed E-state index contributed by atoms with van der Waals surface area (Å²) in [7, 11) is 1.65. The molecule has 1 spiro atoms. The molecule has 3 aliphatic heterocycles. The third-order valence-electron chi connectivity index (χ3n) is 9.56. The summed E-state index contributed by atoms with van der Waals surface area (Å²) >= 11 is 0. The molecule has 47 heavy (non-hydrogen) atoms. The van der Waals surface area contributed by atoms with Gasteiger partial charge >= 0.3 is 0 Å². The number of amides is 2. The molecule has 0 aliphatic carbocycles. The molecule has 1 atom stereocenters. The van der Waals surface area contributed by atoms with Crippen LogP contribution in [0.4, 0.5) is 17.1 Å². The van der Waals surface area contributed by atoms with Crippen molar-refractivity contribution < 1.29 is 9.59 Å². The third-order valence-corrected chi connectivity index (χ3v) is 9.56. The van der Waals surface area contributed by atoms with Gasteiger partial charge in [0.25, 0.3) is 0 Å². The number of anilines is 3. The molecule has 2 aromatic carbocycles. The lowest BCUT2D eigenvalue weighted by atomic mass is 9.85. The average molecular weight is 635 g/mol. The highest BCUT2D eigenvalue weighted by atomic mass is 16.2. The molecule has 1 aromatic heterocycles. The molecule has 3 fully saturated rings. The molecule has 3 saturated heterocycles. The lowest BCUT2D eigenvalue weighted by Crippen LogP contribution is -2.51. The van der Waals surface area contributed by atoms with E-state index in [9.17, 15) is 9.59 Å². The zero-order valence-corrected chi connectivity index (χ0v) is 27.0. The number of aryl methyl sites for hydroxylation is 1. The second-order valence-electron chi connectivity index (χ2n) is 12.6. The van der Waals surface area contributed by atoms with Gasteiger partial charge in [0.2, 0.25) is 11.8 Å². The number of piperazine rings is 1. The molecule has 244 valence electrons. The number of nitrogens with zero attached hydrogens (tertiary/aromatic N) is 7. The topological polar surface area (TPSA) is 161 Å². The number of nitrogens with two attached hydrogens (primary N) is 2. The van der Waals surface area contributed by atoms with Gasteiger partial charge in [0, 0.05) is 80.7 Å². The summed E-state index contributed by atoms with van der Waals surface area (Å²) in [5.74, 6) is 0.599. The van der Waals surface area contributed by atoms with E-state index in [1.807, 2.05) is 65.3 Å². The van der Waals surface area contributed by atoms with E-state index in [1.54, 1.807) is 19.3 Å². The number of aromatic nitrogens is 1. The van der Waals surface area contributed by atoms with Crippen LogP contribution in [0.1, 0.15) is 35.2 Å². The summed E-state index contributed by atoms with van der Waals surface area (Å²) < 4.78 is 0. The Labute approximate surface area is 275 Å². The van der Waals surface area contributed by atoms with E-state index in [0.29, 0.717) is 62.0 Å². The average Bonchev–Trinajstić information content (AvgIpc) is 3.65. The number of likely N-dealkylation sites (tertiary alicyclic amines) is 1. The predicted octanol–water partition coefficient (Wildman–Crippen LogP) is 2.53. The number of rotatable bonds is 8. The molecule has 12 heteroatoms. The lowest BCUT2D eigenvalue weighted by Gasteiger charge is -2.37. The minimum atomic E-state index is -0.504. The maximum absolute atomic E-state index is 13.9. The minimum Gasteiger partial charge on any atom is -0.398 e. The molecule has 0 unspecified atom stereocenters. The number of amidine groups is 1. The second kappa shape index (κ2) is 13.3. The van der Waals surface area contributed by atoms with Gasteiger partial charge in [-0.15, -0.1) is 0 Å². The first kappa shape index (κ1) is 31.9. The second-order valence-corrected chi connectivity index (χ2v) is 12.6. The van der Waals surface area contributed by atoms with Crippen molar-refractivity contribution >= 4 is 46.8 Å². The van der Waals surface area contributed by atoms with Gasteiger partial charge in [0.05, 0.1) is 23.4 Å². The minimum absolute atomic E-state index is 0.0781. The van der Waals surface area contributed by atoms with Crippen molar-refractivity contribution in [1.82, 2.24) is 14.8 Å². The van der Waals surface area contributed by atoms with Crippen LogP contribution < -0.4 is 21.3 Å². The van der Waals surface area contributed by atoms with Crippen LogP contribution >= 0.6 is 0 Å². The van der Waals surface area contributed by atoms with Crippen LogP contribution in [0, 0.1) is 17.7 Å². The third kappa shape index (κ3) is 6.59. The summed E-state index contributed by atoms with van der Waals surface area (Å²) in [5, 5.41) is 8.73. The Morgan fingerprint density at radius 2 is 1.72 bits per heavy atom. The van der Waals surface area contributed by atoms with Gasteiger partial charge in [-0.2, -0.15) is 0 Å². The van der Waals surface area contributed by atoms with Crippen LogP contribution in [0.3, 0.4) is 0 Å². The van der Waals surface area contributed by atoms with Gasteiger partial charge in [-0.3, -0.25) is 29.9 Å². The van der Waals surface area contributed by atoms with E-state index in [2.05, 4.69) is 24.8 Å². The van der Waals surface area contributed by atoms with Crippen LogP contribution in [0.2, 0.25) is 0 Å². The van der Waals surface area contributed by atoms with E-state index in [4.69, 9.17) is 16.9 Å². The Hall–Kier alpha value is -5.10. The lowest BCUT2D eigenvalue weighted by molar-refractivity contribution is -0.133. The molecule has 4 heterocycles. The molecule has 6 rings (SSSR count). The zero-order chi connectivity index (χ0) is 33.1. The van der Waals surface area contributed by atoms with E-state index in [1.165, 1.54) is 6.34 Å². The number of pyridine rings is 1. The summed E-state index contributed by atoms with van der Waals surface area (Å²) in [6.07, 6.45) is 4.62. The fourth-order valence-electron chi connectivity index (χ4n) is 6.76. The van der Waals surface area contributed by atoms with Crippen LogP contribution in [-0.2, 0) is 9.59 Å². The standard InChI is InChI=1S/C35H42N10O2/c1-24-3-10-30(40-20-24)32(37)28-19-27(8-9-29(28)36)45-14-12-35(34(45)47)11-13-42(22-35)21-31(46)44-17-15-43(16-18-44)26-6-4-25(5-7-26)33(38)41-23-39-2/h3-10,19-20,23,37H,11-18,21-22,36H2,1-2H3,(H2,38,39,41)/t35-/m0/s1. The molecule has 2 amide bonds. The first-order valence-electron chi connectivity index (χ1n) is 16.0. The first-order chi connectivity index (χ1) is 22.7. The van der Waals surface area contributed by atoms with Gasteiger partial charge in [-0.05, 0) is 80.4 Å². The van der Waals surface area contributed by atoms with Crippen LogP contribution in [0.15, 0.2) is 70.8 Å². The van der Waals surface area contributed by atoms with Crippen LogP contribution in [-0.4, -0.2) is 104 Å². The highest BCUT2D eigenvalue weighted by Crippen LogP contribution is 2.42. The van der Waals surface area contributed by atoms with Crippen molar-refractivity contribution in [2.24, 2.45) is 21.1 Å². The van der Waals surface area contributed by atoms with Gasteiger partial charge in [-0.1, -0.05) is 6.07 Å². The predicted molar refractivity (Wildman–Crippen MR) is 187 cm³/mol. The smallest absolute Gasteiger partial charge is 0.236 e.